The van der Waals surface area contributed by atoms with Crippen LogP contribution in [-0.4, -0.2) is 74.3 Å². The van der Waals surface area contributed by atoms with Gasteiger partial charge in [0, 0.05) is 17.1 Å². The van der Waals surface area contributed by atoms with Gasteiger partial charge in [0.2, 0.25) is 5.78 Å². The van der Waals surface area contributed by atoms with Crippen molar-refractivity contribution in [3.8, 4) is 5.75 Å². The Kier molecular flexibility index (Phi) is 5.11. The molecular weight excluding hydrogens is 446 g/mol. The van der Waals surface area contributed by atoms with Crippen LogP contribution in [0.25, 0.3) is 0 Å². The van der Waals surface area contributed by atoms with Crippen LogP contribution in [0.3, 0.4) is 0 Å². The Morgan fingerprint density at radius 2 is 1.79 bits per heavy atom. The van der Waals surface area contributed by atoms with E-state index < -0.39 is 63.8 Å². The maximum atomic E-state index is 13.5. The Hall–Kier alpha value is -3.70. The summed E-state index contributed by atoms with van der Waals surface area (Å²) in [7, 11) is 3.09. The predicted octanol–water partition coefficient (Wildman–Crippen LogP) is -0.0946. The zero-order chi connectivity index (χ0) is 25.4. The Balaban J connectivity index is 2.00. The molecule has 0 aliphatic heterocycles. The fraction of sp³-hybridized carbons (Fsp3) is 0.391. The monoisotopic (exact) mass is 471 g/mol. The molecule has 1 aromatic rings. The van der Waals surface area contributed by atoms with Gasteiger partial charge in [-0.25, -0.2) is 0 Å². The number of phenols is 1. The van der Waals surface area contributed by atoms with Gasteiger partial charge in [0.25, 0.3) is 5.91 Å². The molecule has 0 bridgehead atoms. The number of ketones is 3. The van der Waals surface area contributed by atoms with Gasteiger partial charge in [-0.3, -0.25) is 24.1 Å². The zero-order valence-corrected chi connectivity index (χ0v) is 18.7. The van der Waals surface area contributed by atoms with Crippen molar-refractivity contribution in [1.82, 2.24) is 4.90 Å². The summed E-state index contributed by atoms with van der Waals surface area (Å²) in [6.07, 6.45) is -0.0362. The number of fused-ring (bicyclic) bond motifs is 3. The molecule has 0 radical (unpaired) electrons. The number of nitrogens with two attached hydrogens (primary N) is 2. The number of hydrogen-bond acceptors (Lipinski definition) is 10. The molecule has 1 aromatic carbocycles. The van der Waals surface area contributed by atoms with E-state index in [0.29, 0.717) is 0 Å². The zero-order valence-electron chi connectivity index (χ0n) is 18.7. The molecule has 0 aromatic heterocycles. The number of primary amides is 1. The highest BCUT2D eigenvalue weighted by Gasteiger charge is 2.63. The fourth-order valence-corrected chi connectivity index (χ4v) is 5.65. The fourth-order valence-electron chi connectivity index (χ4n) is 5.65. The van der Waals surface area contributed by atoms with Gasteiger partial charge < -0.3 is 31.9 Å². The lowest BCUT2D eigenvalue weighted by Crippen LogP contribution is -2.63. The first-order valence-electron chi connectivity index (χ1n) is 10.5. The van der Waals surface area contributed by atoms with Gasteiger partial charge in [-0.15, -0.1) is 0 Å². The number of anilines is 1. The van der Waals surface area contributed by atoms with Crippen molar-refractivity contribution in [2.24, 2.45) is 17.6 Å². The Labute approximate surface area is 194 Å². The van der Waals surface area contributed by atoms with Crippen LogP contribution in [0.4, 0.5) is 5.69 Å². The van der Waals surface area contributed by atoms with Crippen molar-refractivity contribution >= 4 is 28.9 Å². The van der Waals surface area contributed by atoms with E-state index in [0.717, 1.165) is 0 Å². The SMILES string of the molecule is CC(=O)c1cc(N)c(O)c2c1C[C@@H]1C[C@@H]3[C@H](N(C)C)C(O)=C(C(N)=O)C(=O)[C@]3(O)C(O)=C1C2=O. The molecule has 3 aliphatic rings. The summed E-state index contributed by atoms with van der Waals surface area (Å²) in [6.45, 7) is 1.29. The second-order valence-electron chi connectivity index (χ2n) is 9.23. The van der Waals surface area contributed by atoms with Crippen molar-refractivity contribution in [2.75, 3.05) is 19.8 Å². The van der Waals surface area contributed by atoms with E-state index >= 15 is 0 Å². The molecule has 8 N–H and O–H groups in total. The van der Waals surface area contributed by atoms with Crippen LogP contribution in [0.1, 0.15) is 39.6 Å². The number of aliphatic hydroxyl groups excluding tert-OH is 2. The highest BCUT2D eigenvalue weighted by molar-refractivity contribution is 6.25. The van der Waals surface area contributed by atoms with Crippen molar-refractivity contribution in [3.05, 3.63) is 45.4 Å². The van der Waals surface area contributed by atoms with Crippen LogP contribution in [0, 0.1) is 11.8 Å². The number of rotatable bonds is 3. The number of allylic oxidation sites excluding steroid dienone is 1. The lowest BCUT2D eigenvalue weighted by molar-refractivity contribution is -0.148. The summed E-state index contributed by atoms with van der Waals surface area (Å²) in [5, 5.41) is 43.9. The predicted molar refractivity (Wildman–Crippen MR) is 118 cm³/mol. The van der Waals surface area contributed by atoms with Gasteiger partial charge in [0.1, 0.15) is 22.8 Å². The highest BCUT2D eigenvalue weighted by atomic mass is 16.3. The lowest BCUT2D eigenvalue weighted by Gasteiger charge is -2.50. The largest absolute Gasteiger partial charge is 0.510 e. The van der Waals surface area contributed by atoms with E-state index in [1.807, 2.05) is 0 Å². The molecule has 0 fully saturated rings. The van der Waals surface area contributed by atoms with Crippen molar-refractivity contribution < 1.29 is 39.6 Å². The third-order valence-electron chi connectivity index (χ3n) is 7.13. The van der Waals surface area contributed by atoms with E-state index in [-0.39, 0.29) is 46.6 Å². The summed E-state index contributed by atoms with van der Waals surface area (Å²) >= 11 is 0. The van der Waals surface area contributed by atoms with Gasteiger partial charge in [-0.1, -0.05) is 0 Å². The topological polar surface area (TPSA) is 204 Å². The maximum absolute atomic E-state index is 13.5. The average Bonchev–Trinajstić information content (AvgIpc) is 2.72. The van der Waals surface area contributed by atoms with E-state index in [1.54, 1.807) is 14.1 Å². The molecular formula is C23H25N3O8. The number of nitrogens with zero attached hydrogens (tertiary/aromatic N) is 1. The number of carbonyl (C=O) groups excluding carboxylic acids is 4. The number of benzene rings is 1. The van der Waals surface area contributed by atoms with Crippen LogP contribution in [0.2, 0.25) is 0 Å². The molecule has 1 amide bonds. The summed E-state index contributed by atoms with van der Waals surface area (Å²) in [5.74, 6) is -7.98. The highest BCUT2D eigenvalue weighted by Crippen LogP contribution is 2.52. The summed E-state index contributed by atoms with van der Waals surface area (Å²) in [6, 6.07) is 0.190. The number of likely N-dealkylation sites (N-methyl/N-ethyl adjacent to an activating group) is 1. The van der Waals surface area contributed by atoms with Crippen LogP contribution in [-0.2, 0) is 16.0 Å². The molecule has 0 saturated carbocycles. The second kappa shape index (κ2) is 7.40. The van der Waals surface area contributed by atoms with E-state index in [4.69, 9.17) is 11.5 Å². The summed E-state index contributed by atoms with van der Waals surface area (Å²) in [4.78, 5) is 52.4. The molecule has 11 heteroatoms. The molecule has 0 heterocycles. The van der Waals surface area contributed by atoms with E-state index in [2.05, 4.69) is 0 Å². The van der Waals surface area contributed by atoms with Crippen LogP contribution >= 0.6 is 0 Å². The number of amides is 1. The minimum absolute atomic E-state index is 0.0251. The molecule has 11 nitrogen and oxygen atoms in total. The number of Topliss-reactive ketones (excluding diaryl/α,β-unsaturated/α-hetero) is 3. The molecule has 0 saturated heterocycles. The van der Waals surface area contributed by atoms with E-state index in [9.17, 15) is 39.6 Å². The minimum atomic E-state index is -2.72. The number of aromatic hydroxyl groups is 1. The number of nitrogen functional groups attached to an aromatic ring is 1. The number of aliphatic hydroxyl groups is 3. The molecule has 180 valence electrons. The minimum Gasteiger partial charge on any atom is -0.510 e. The number of carbonyl (C=O) groups is 4. The number of phenolic OH excluding ortho intramolecular Hbond substituents is 1. The van der Waals surface area contributed by atoms with Crippen LogP contribution < -0.4 is 11.5 Å². The third-order valence-corrected chi connectivity index (χ3v) is 7.13. The van der Waals surface area contributed by atoms with Crippen molar-refractivity contribution in [1.29, 1.82) is 0 Å². The number of hydrogen-bond donors (Lipinski definition) is 6. The Bertz CT molecular complexity index is 1260. The van der Waals surface area contributed by atoms with Crippen molar-refractivity contribution in [2.45, 2.75) is 31.4 Å². The standard InChI is InChI=1S/C23H25N3O8/c1-7(27)9-6-12(24)17(28)14-10(9)4-8-5-11-16(26(2)3)19(30)15(22(25)33)21(32)23(11,34)20(31)13(8)18(14)29/h6,8,11,16,28,30-31,34H,4-5,24H2,1-3H3,(H2,25,33)/t8-,11-,16+,23-/m1/s1. The Morgan fingerprint density at radius 1 is 1.18 bits per heavy atom. The van der Waals surface area contributed by atoms with Gasteiger partial charge in [0.15, 0.2) is 17.2 Å². The first-order valence-corrected chi connectivity index (χ1v) is 10.5. The third kappa shape index (κ3) is 2.83. The van der Waals surface area contributed by atoms with Crippen LogP contribution in [0.5, 0.6) is 5.75 Å². The maximum Gasteiger partial charge on any atom is 0.255 e. The normalized spacial score (nSPS) is 28.6. The molecule has 34 heavy (non-hydrogen) atoms. The average molecular weight is 471 g/mol. The quantitative estimate of drug-likeness (QED) is 0.149. The lowest BCUT2D eigenvalue weighted by atomic mass is 9.58. The Morgan fingerprint density at radius 3 is 2.32 bits per heavy atom. The summed E-state index contributed by atoms with van der Waals surface area (Å²) in [5.41, 5.74) is 7.07. The second-order valence-corrected chi connectivity index (χ2v) is 9.23. The molecule has 0 unspecified atom stereocenters. The molecule has 4 atom stereocenters. The van der Waals surface area contributed by atoms with Gasteiger partial charge in [-0.2, -0.15) is 0 Å². The summed E-state index contributed by atoms with van der Waals surface area (Å²) < 4.78 is 0. The van der Waals surface area contributed by atoms with Gasteiger partial charge in [-0.05, 0) is 51.4 Å². The van der Waals surface area contributed by atoms with Gasteiger partial charge in [0.05, 0.1) is 17.3 Å². The molecule has 4 rings (SSSR count). The van der Waals surface area contributed by atoms with Crippen LogP contribution in [0.15, 0.2) is 28.7 Å². The van der Waals surface area contributed by atoms with Gasteiger partial charge >= 0.3 is 0 Å². The molecule has 0 spiro atoms. The van der Waals surface area contributed by atoms with Crippen molar-refractivity contribution in [3.63, 3.8) is 0 Å². The first-order chi connectivity index (χ1) is 15.7. The van der Waals surface area contributed by atoms with E-state index in [1.165, 1.54) is 17.9 Å². The first kappa shape index (κ1) is 23.5. The molecule has 3 aliphatic carbocycles. The smallest absolute Gasteiger partial charge is 0.255 e.